The second kappa shape index (κ2) is 14.2. The van der Waals surface area contributed by atoms with Gasteiger partial charge in [0.25, 0.3) is 0 Å². The Hall–Kier alpha value is -5.01. The van der Waals surface area contributed by atoms with Gasteiger partial charge in [0.2, 0.25) is 0 Å². The maximum absolute atomic E-state index is 14.0. The molecule has 0 spiro atoms. The lowest BCUT2D eigenvalue weighted by Gasteiger charge is -2.34. The van der Waals surface area contributed by atoms with Crippen LogP contribution in [0.5, 0.6) is 11.5 Å². The summed E-state index contributed by atoms with van der Waals surface area (Å²) in [6.07, 6.45) is 8.54. The molecule has 4 rings (SSSR count). The standard InChI is InChI=1S/C33H39N7O3/c1-8-9-24(4)32(23(2)3)37-33(41)40(28-15-14-27(42-6)20-29(28)43-7)31-21-30(34-22-35-31)36-25-10-12-26(13-11-25)39-18-16-38(5)17-19-39/h1,9-15,20-22H,16-19H2,2-7H3,(H,37,41)(H,34,35,36)/b24-9-. The first-order valence-corrected chi connectivity index (χ1v) is 14.0. The smallest absolute Gasteiger partial charge is 0.332 e. The number of amides is 2. The molecule has 1 saturated heterocycles. The van der Waals surface area contributed by atoms with Crippen molar-refractivity contribution in [1.82, 2.24) is 20.2 Å². The van der Waals surface area contributed by atoms with Crippen LogP contribution in [-0.2, 0) is 0 Å². The Kier molecular flexibility index (Phi) is 10.3. The minimum atomic E-state index is -0.453. The quantitative estimate of drug-likeness (QED) is 0.245. The van der Waals surface area contributed by atoms with Gasteiger partial charge in [0.15, 0.2) is 0 Å². The predicted molar refractivity (Wildman–Crippen MR) is 173 cm³/mol. The van der Waals surface area contributed by atoms with Crippen molar-refractivity contribution in [2.24, 2.45) is 0 Å². The summed E-state index contributed by atoms with van der Waals surface area (Å²) in [6, 6.07) is 14.7. The lowest BCUT2D eigenvalue weighted by atomic mass is 10.1. The molecule has 1 aliphatic rings. The molecule has 2 heterocycles. The van der Waals surface area contributed by atoms with Crippen LogP contribution in [0.3, 0.4) is 0 Å². The molecule has 0 bridgehead atoms. The molecular formula is C33H39N7O3. The number of hydrogen-bond acceptors (Lipinski definition) is 8. The number of likely N-dealkylation sites (N-methyl/N-ethyl adjacent to an activating group) is 1. The Labute approximate surface area is 254 Å². The van der Waals surface area contributed by atoms with Gasteiger partial charge in [-0.1, -0.05) is 11.5 Å². The molecule has 1 aromatic heterocycles. The summed E-state index contributed by atoms with van der Waals surface area (Å²) < 4.78 is 11.0. The van der Waals surface area contributed by atoms with Crippen molar-refractivity contribution in [3.05, 3.63) is 77.8 Å². The van der Waals surface area contributed by atoms with Crippen LogP contribution in [0.1, 0.15) is 20.8 Å². The van der Waals surface area contributed by atoms with Crippen molar-refractivity contribution in [3.8, 4) is 23.8 Å². The highest BCUT2D eigenvalue weighted by molar-refractivity contribution is 6.01. The van der Waals surface area contributed by atoms with Crippen molar-refractivity contribution in [3.63, 3.8) is 0 Å². The van der Waals surface area contributed by atoms with E-state index in [0.29, 0.717) is 34.5 Å². The van der Waals surface area contributed by atoms with Crippen LogP contribution in [0.2, 0.25) is 0 Å². The third-order valence-electron chi connectivity index (χ3n) is 7.15. The topological polar surface area (TPSA) is 95.1 Å². The molecule has 43 heavy (non-hydrogen) atoms. The van der Waals surface area contributed by atoms with Crippen molar-refractivity contribution < 1.29 is 14.3 Å². The molecule has 3 aromatic rings. The lowest BCUT2D eigenvalue weighted by Crippen LogP contribution is -2.44. The number of methoxy groups -OCH3 is 2. The Balaban J connectivity index is 1.66. The molecule has 0 radical (unpaired) electrons. The first-order chi connectivity index (χ1) is 20.7. The molecule has 224 valence electrons. The average molecular weight is 582 g/mol. The summed E-state index contributed by atoms with van der Waals surface area (Å²) in [7, 11) is 5.25. The SMILES string of the molecule is C#C/C=C(/C)C(NC(=O)N(c1cc(Nc2ccc(N3CCN(C)CC3)cc2)ncn1)c1ccc(OC)cc1OC)=C(C)C. The number of nitrogens with zero attached hydrogens (tertiary/aromatic N) is 5. The van der Waals surface area contributed by atoms with E-state index in [1.807, 2.05) is 32.9 Å². The summed E-state index contributed by atoms with van der Waals surface area (Å²) in [6.45, 7) is 9.74. The number of carbonyl (C=O) groups is 1. The zero-order chi connectivity index (χ0) is 30.9. The van der Waals surface area contributed by atoms with Crippen LogP contribution in [-0.4, -0.2) is 68.3 Å². The lowest BCUT2D eigenvalue weighted by molar-refractivity contribution is 0.250. The molecule has 10 heteroatoms. The molecule has 0 atom stereocenters. The van der Waals surface area contributed by atoms with E-state index in [4.69, 9.17) is 15.9 Å². The van der Waals surface area contributed by atoms with Gasteiger partial charge in [0, 0.05) is 55.4 Å². The van der Waals surface area contributed by atoms with E-state index in [1.54, 1.807) is 37.5 Å². The van der Waals surface area contributed by atoms with Crippen molar-refractivity contribution in [2.45, 2.75) is 20.8 Å². The summed E-state index contributed by atoms with van der Waals surface area (Å²) in [5.74, 6) is 4.39. The molecular weight excluding hydrogens is 542 g/mol. The van der Waals surface area contributed by atoms with E-state index in [1.165, 1.54) is 24.0 Å². The number of piperazine rings is 1. The summed E-state index contributed by atoms with van der Waals surface area (Å²) in [4.78, 5) is 29.0. The number of ether oxygens (including phenoxy) is 2. The molecule has 10 nitrogen and oxygen atoms in total. The number of urea groups is 1. The molecule has 2 amide bonds. The zero-order valence-corrected chi connectivity index (χ0v) is 25.6. The second-order valence-corrected chi connectivity index (χ2v) is 10.4. The maximum Gasteiger partial charge on any atom is 0.332 e. The van der Waals surface area contributed by atoms with Crippen LogP contribution in [0.25, 0.3) is 0 Å². The minimum Gasteiger partial charge on any atom is -0.497 e. The number of terminal acetylenes is 1. The third kappa shape index (κ3) is 7.64. The number of anilines is 5. The molecule has 1 fully saturated rings. The first-order valence-electron chi connectivity index (χ1n) is 14.0. The highest BCUT2D eigenvalue weighted by Crippen LogP contribution is 2.37. The van der Waals surface area contributed by atoms with E-state index in [0.717, 1.165) is 43.0 Å². The number of benzene rings is 2. The highest BCUT2D eigenvalue weighted by atomic mass is 16.5. The number of aromatic nitrogens is 2. The van der Waals surface area contributed by atoms with Crippen LogP contribution in [0.4, 0.5) is 33.5 Å². The number of rotatable bonds is 9. The van der Waals surface area contributed by atoms with Gasteiger partial charge in [0.1, 0.15) is 29.5 Å². The first kappa shape index (κ1) is 30.9. The second-order valence-electron chi connectivity index (χ2n) is 10.4. The fourth-order valence-corrected chi connectivity index (χ4v) is 4.79. The zero-order valence-electron chi connectivity index (χ0n) is 25.6. The number of hydrogen-bond donors (Lipinski definition) is 2. The molecule has 2 aromatic carbocycles. The van der Waals surface area contributed by atoms with Crippen molar-refractivity contribution in [1.29, 1.82) is 0 Å². The van der Waals surface area contributed by atoms with E-state index in [2.05, 4.69) is 55.5 Å². The predicted octanol–water partition coefficient (Wildman–Crippen LogP) is 5.71. The van der Waals surface area contributed by atoms with E-state index in [-0.39, 0.29) is 0 Å². The Morgan fingerprint density at radius 3 is 2.35 bits per heavy atom. The van der Waals surface area contributed by atoms with Crippen LogP contribution >= 0.6 is 0 Å². The number of allylic oxidation sites excluding steroid dienone is 3. The van der Waals surface area contributed by atoms with Crippen molar-refractivity contribution >= 4 is 34.7 Å². The van der Waals surface area contributed by atoms with Gasteiger partial charge >= 0.3 is 6.03 Å². The Morgan fingerprint density at radius 1 is 1.00 bits per heavy atom. The van der Waals surface area contributed by atoms with Crippen LogP contribution < -0.4 is 29.9 Å². The molecule has 2 N–H and O–H groups in total. The number of carbonyl (C=O) groups excluding carboxylic acids is 1. The minimum absolute atomic E-state index is 0.333. The van der Waals surface area contributed by atoms with Gasteiger partial charge in [-0.15, -0.1) is 6.42 Å². The average Bonchev–Trinajstić information content (AvgIpc) is 3.01. The van der Waals surface area contributed by atoms with Gasteiger partial charge < -0.3 is 29.9 Å². The molecule has 0 unspecified atom stereocenters. The van der Waals surface area contributed by atoms with Gasteiger partial charge in [-0.3, -0.25) is 0 Å². The maximum atomic E-state index is 14.0. The van der Waals surface area contributed by atoms with Gasteiger partial charge in [-0.25, -0.2) is 19.7 Å². The van der Waals surface area contributed by atoms with Gasteiger partial charge in [-0.05, 0) is 75.9 Å². The largest absolute Gasteiger partial charge is 0.497 e. The van der Waals surface area contributed by atoms with Gasteiger partial charge in [0.05, 0.1) is 19.9 Å². The van der Waals surface area contributed by atoms with Gasteiger partial charge in [-0.2, -0.15) is 0 Å². The van der Waals surface area contributed by atoms with Crippen LogP contribution in [0, 0.1) is 12.3 Å². The summed E-state index contributed by atoms with van der Waals surface area (Å²) in [5.41, 5.74) is 4.77. The Morgan fingerprint density at radius 2 is 1.72 bits per heavy atom. The summed E-state index contributed by atoms with van der Waals surface area (Å²) >= 11 is 0. The molecule has 0 saturated carbocycles. The fourth-order valence-electron chi connectivity index (χ4n) is 4.79. The molecule has 1 aliphatic heterocycles. The highest BCUT2D eigenvalue weighted by Gasteiger charge is 2.25. The van der Waals surface area contributed by atoms with Crippen LogP contribution in [0.15, 0.2) is 77.8 Å². The van der Waals surface area contributed by atoms with E-state index in [9.17, 15) is 4.79 Å². The van der Waals surface area contributed by atoms with Crippen molar-refractivity contribution in [2.75, 3.05) is 62.6 Å². The van der Waals surface area contributed by atoms with E-state index < -0.39 is 6.03 Å². The monoisotopic (exact) mass is 581 g/mol. The number of nitrogens with one attached hydrogen (secondary N) is 2. The Bertz CT molecular complexity index is 1530. The fraction of sp³-hybridized carbons (Fsp3) is 0.303. The molecule has 0 aliphatic carbocycles. The van der Waals surface area contributed by atoms with E-state index >= 15 is 0 Å². The summed E-state index contributed by atoms with van der Waals surface area (Å²) in [5, 5.41) is 6.35. The third-order valence-corrected chi connectivity index (χ3v) is 7.15. The normalized spacial score (nSPS) is 13.5.